The normalized spacial score (nSPS) is 17.2. The van der Waals surface area contributed by atoms with Gasteiger partial charge in [0.25, 0.3) is 0 Å². The van der Waals surface area contributed by atoms with Crippen LogP contribution in [0.1, 0.15) is 16.8 Å². The summed E-state index contributed by atoms with van der Waals surface area (Å²) >= 11 is 0. The van der Waals surface area contributed by atoms with Gasteiger partial charge in [-0.05, 0) is 55.5 Å². The van der Waals surface area contributed by atoms with Crippen molar-refractivity contribution in [3.05, 3.63) is 88.1 Å². The molecule has 1 aliphatic heterocycles. The molecular weight excluding hydrogens is 517 g/mol. The Morgan fingerprint density at radius 3 is 2.54 bits per heavy atom. The standard InChI is InChI=1S/C26H21F3N6O4/c1-15-23(21-9-10-31-35(21)18-7-5-16(12-30)6-8-18)34(24(37)32-20-13-39-14-22(20)36)25(38)33(15)19-4-2-3-17(11-19)26(27,28)29/h2-11,20,22,36H,13-14H2,1H3,(H,32,37)/t20-,22-/m0/s1. The third-order valence-electron chi connectivity index (χ3n) is 6.40. The van der Waals surface area contributed by atoms with Crippen LogP contribution in [0.5, 0.6) is 0 Å². The molecule has 5 rings (SSSR count). The Balaban J connectivity index is 1.71. The number of aliphatic hydroxyl groups excluding tert-OH is 1. The van der Waals surface area contributed by atoms with Crippen LogP contribution in [-0.2, 0) is 10.9 Å². The SMILES string of the molecule is Cc1c(-c2ccnn2-c2ccc(C#N)cc2)n(C(=O)N[C@H]2COC[C@@H]2O)c(=O)n1-c1cccc(C(F)(F)F)c1. The Labute approximate surface area is 219 Å². The summed E-state index contributed by atoms with van der Waals surface area (Å²) < 4.78 is 48.8. The number of carbonyl (C=O) groups is 1. The van der Waals surface area contributed by atoms with Crippen LogP contribution >= 0.6 is 0 Å². The number of carbonyl (C=O) groups excluding carboxylic acids is 1. The molecule has 1 amide bonds. The molecule has 2 atom stereocenters. The summed E-state index contributed by atoms with van der Waals surface area (Å²) in [5.41, 5.74) is -0.503. The number of halogens is 3. The van der Waals surface area contributed by atoms with Gasteiger partial charge in [-0.3, -0.25) is 4.57 Å². The lowest BCUT2D eigenvalue weighted by Crippen LogP contribution is -2.47. The molecule has 0 saturated carbocycles. The van der Waals surface area contributed by atoms with Gasteiger partial charge in [0, 0.05) is 0 Å². The minimum atomic E-state index is -4.65. The number of rotatable bonds is 4. The number of alkyl halides is 3. The van der Waals surface area contributed by atoms with E-state index >= 15 is 0 Å². The molecular formula is C26H21F3N6O4. The Morgan fingerprint density at radius 2 is 1.90 bits per heavy atom. The van der Waals surface area contributed by atoms with Gasteiger partial charge in [-0.25, -0.2) is 18.8 Å². The van der Waals surface area contributed by atoms with Crippen LogP contribution in [-0.4, -0.2) is 55.4 Å². The number of ether oxygens (including phenoxy) is 1. The first kappa shape index (κ1) is 26.0. The zero-order chi connectivity index (χ0) is 27.9. The molecule has 2 aromatic heterocycles. The first-order valence-corrected chi connectivity index (χ1v) is 11.7. The first-order valence-electron chi connectivity index (χ1n) is 11.7. The summed E-state index contributed by atoms with van der Waals surface area (Å²) in [6.07, 6.45) is -4.21. The van der Waals surface area contributed by atoms with Crippen LogP contribution in [0.4, 0.5) is 18.0 Å². The van der Waals surface area contributed by atoms with E-state index in [1.165, 1.54) is 29.9 Å². The van der Waals surface area contributed by atoms with Crippen molar-refractivity contribution in [2.45, 2.75) is 25.2 Å². The Kier molecular flexibility index (Phi) is 6.59. The number of aromatic nitrogens is 4. The Hall–Kier alpha value is -4.67. The van der Waals surface area contributed by atoms with Crippen LogP contribution in [0.15, 0.2) is 65.6 Å². The van der Waals surface area contributed by atoms with E-state index in [-0.39, 0.29) is 30.3 Å². The molecule has 39 heavy (non-hydrogen) atoms. The molecule has 0 unspecified atom stereocenters. The third-order valence-corrected chi connectivity index (χ3v) is 6.40. The summed E-state index contributed by atoms with van der Waals surface area (Å²) in [5.74, 6) is 0. The van der Waals surface area contributed by atoms with Gasteiger partial charge in [-0.15, -0.1) is 0 Å². The predicted octanol–water partition coefficient (Wildman–Crippen LogP) is 3.01. The number of hydrogen-bond acceptors (Lipinski definition) is 6. The maximum absolute atomic E-state index is 13.7. The van der Waals surface area contributed by atoms with Crippen molar-refractivity contribution in [1.82, 2.24) is 24.2 Å². The molecule has 2 aromatic carbocycles. The summed E-state index contributed by atoms with van der Waals surface area (Å²) in [6.45, 7) is 1.53. The van der Waals surface area contributed by atoms with Crippen molar-refractivity contribution in [3.63, 3.8) is 0 Å². The molecule has 200 valence electrons. The quantitative estimate of drug-likeness (QED) is 0.411. The van der Waals surface area contributed by atoms with Crippen LogP contribution in [0.3, 0.4) is 0 Å². The van der Waals surface area contributed by atoms with Crippen LogP contribution in [0, 0.1) is 18.3 Å². The van der Waals surface area contributed by atoms with Gasteiger partial charge < -0.3 is 15.2 Å². The molecule has 1 saturated heterocycles. The fourth-order valence-corrected chi connectivity index (χ4v) is 4.49. The molecule has 4 aromatic rings. The largest absolute Gasteiger partial charge is 0.416 e. The lowest BCUT2D eigenvalue weighted by atomic mass is 10.1. The maximum Gasteiger partial charge on any atom is 0.416 e. The zero-order valence-electron chi connectivity index (χ0n) is 20.4. The summed E-state index contributed by atoms with van der Waals surface area (Å²) in [6, 6.07) is 12.5. The third kappa shape index (κ3) is 4.71. The van der Waals surface area contributed by atoms with E-state index in [9.17, 15) is 27.9 Å². The number of nitrogens with zero attached hydrogens (tertiary/aromatic N) is 5. The van der Waals surface area contributed by atoms with Crippen molar-refractivity contribution in [1.29, 1.82) is 5.26 Å². The van der Waals surface area contributed by atoms with E-state index in [1.54, 1.807) is 30.3 Å². The van der Waals surface area contributed by atoms with Gasteiger partial charge in [0.15, 0.2) is 0 Å². The number of imidazole rings is 1. The maximum atomic E-state index is 13.7. The van der Waals surface area contributed by atoms with Gasteiger partial charge in [-0.1, -0.05) is 6.07 Å². The molecule has 1 fully saturated rings. The fourth-order valence-electron chi connectivity index (χ4n) is 4.49. The highest BCUT2D eigenvalue weighted by molar-refractivity contribution is 5.83. The van der Waals surface area contributed by atoms with Crippen molar-refractivity contribution >= 4 is 6.03 Å². The average molecular weight is 538 g/mol. The van der Waals surface area contributed by atoms with Gasteiger partial charge in [0.1, 0.15) is 5.69 Å². The highest BCUT2D eigenvalue weighted by Crippen LogP contribution is 2.32. The van der Waals surface area contributed by atoms with Crippen molar-refractivity contribution < 1.29 is 27.8 Å². The minimum Gasteiger partial charge on any atom is -0.388 e. The monoisotopic (exact) mass is 538 g/mol. The van der Waals surface area contributed by atoms with Crippen LogP contribution in [0.25, 0.3) is 22.8 Å². The van der Waals surface area contributed by atoms with E-state index < -0.39 is 35.6 Å². The number of nitriles is 1. The second kappa shape index (κ2) is 9.90. The van der Waals surface area contributed by atoms with Gasteiger partial charge >= 0.3 is 17.9 Å². The topological polar surface area (TPSA) is 127 Å². The molecule has 10 nitrogen and oxygen atoms in total. The smallest absolute Gasteiger partial charge is 0.388 e. The average Bonchev–Trinajstić information content (AvgIpc) is 3.61. The van der Waals surface area contributed by atoms with E-state index in [0.717, 1.165) is 21.3 Å². The van der Waals surface area contributed by atoms with E-state index in [0.29, 0.717) is 16.9 Å². The zero-order valence-corrected chi connectivity index (χ0v) is 20.4. The first-order chi connectivity index (χ1) is 18.6. The molecule has 0 radical (unpaired) electrons. The molecule has 0 bridgehead atoms. The van der Waals surface area contributed by atoms with E-state index in [4.69, 9.17) is 10.00 Å². The number of hydrogen-bond donors (Lipinski definition) is 2. The predicted molar refractivity (Wildman–Crippen MR) is 132 cm³/mol. The lowest BCUT2D eigenvalue weighted by molar-refractivity contribution is -0.137. The number of amides is 1. The highest BCUT2D eigenvalue weighted by Gasteiger charge is 2.33. The Morgan fingerprint density at radius 1 is 1.15 bits per heavy atom. The minimum absolute atomic E-state index is 0.00242. The second-order valence-corrected chi connectivity index (χ2v) is 8.88. The Bertz CT molecular complexity index is 1650. The van der Waals surface area contributed by atoms with Crippen molar-refractivity contribution in [2.75, 3.05) is 13.2 Å². The summed E-state index contributed by atoms with van der Waals surface area (Å²) in [4.78, 5) is 27.2. The van der Waals surface area contributed by atoms with Gasteiger partial charge in [0.05, 0.1) is 71.5 Å². The van der Waals surface area contributed by atoms with E-state index in [1.807, 2.05) is 6.07 Å². The highest BCUT2D eigenvalue weighted by atomic mass is 19.4. The molecule has 3 heterocycles. The summed E-state index contributed by atoms with van der Waals surface area (Å²) in [5, 5.41) is 26.1. The number of nitrogens with one attached hydrogen (secondary N) is 1. The summed E-state index contributed by atoms with van der Waals surface area (Å²) in [7, 11) is 0. The van der Waals surface area contributed by atoms with Gasteiger partial charge in [-0.2, -0.15) is 23.5 Å². The fraction of sp³-hybridized carbons (Fsp3) is 0.231. The molecule has 0 spiro atoms. The molecule has 2 N–H and O–H groups in total. The molecule has 1 aliphatic rings. The van der Waals surface area contributed by atoms with Crippen LogP contribution in [0.2, 0.25) is 0 Å². The van der Waals surface area contributed by atoms with Gasteiger partial charge in [0.2, 0.25) is 0 Å². The molecule has 0 aliphatic carbocycles. The van der Waals surface area contributed by atoms with Crippen LogP contribution < -0.4 is 11.0 Å². The lowest BCUT2D eigenvalue weighted by Gasteiger charge is -2.16. The second-order valence-electron chi connectivity index (χ2n) is 8.88. The van der Waals surface area contributed by atoms with Crippen molar-refractivity contribution in [2.24, 2.45) is 0 Å². The van der Waals surface area contributed by atoms with Crippen molar-refractivity contribution in [3.8, 4) is 28.8 Å². The number of benzene rings is 2. The van der Waals surface area contributed by atoms with E-state index in [2.05, 4.69) is 10.4 Å². The number of aliphatic hydroxyl groups is 1. The molecule has 13 heteroatoms.